The molecule has 5 atom stereocenters. The van der Waals surface area contributed by atoms with Crippen LogP contribution in [0.25, 0.3) is 28.4 Å². The smallest absolute Gasteiger partial charge is 0.331 e. The lowest BCUT2D eigenvalue weighted by atomic mass is 9.99. The SMILES string of the molecule is O=C(/C=C\c1ccc(O)cc1)O[C@@H]1[C@@H](O)[C@@H](Oc2cc(O)c3c(=O)cc(-c4ccc(O)cc4)oc3c2)O[C@H](CO)[C@H]1O. The molecule has 0 amide bonds. The summed E-state index contributed by atoms with van der Waals surface area (Å²) >= 11 is 0. The van der Waals surface area contributed by atoms with Crippen LogP contribution in [0.4, 0.5) is 0 Å². The van der Waals surface area contributed by atoms with Crippen molar-refractivity contribution < 1.29 is 54.1 Å². The number of carbonyl (C=O) groups excluding carboxylic acids is 1. The number of aromatic hydroxyl groups is 3. The molecule has 1 fully saturated rings. The van der Waals surface area contributed by atoms with Crippen LogP contribution in [0.3, 0.4) is 0 Å². The number of rotatable bonds is 7. The molecule has 3 aromatic carbocycles. The molecule has 4 aromatic rings. The van der Waals surface area contributed by atoms with E-state index in [9.17, 15) is 40.2 Å². The van der Waals surface area contributed by atoms with Gasteiger partial charge in [0.15, 0.2) is 17.6 Å². The average molecular weight is 579 g/mol. The summed E-state index contributed by atoms with van der Waals surface area (Å²) in [6.45, 7) is -0.709. The monoisotopic (exact) mass is 578 g/mol. The Morgan fingerprint density at radius 2 is 1.57 bits per heavy atom. The van der Waals surface area contributed by atoms with Gasteiger partial charge in [0.1, 0.15) is 51.9 Å². The molecule has 0 spiro atoms. The molecular weight excluding hydrogens is 552 g/mol. The van der Waals surface area contributed by atoms with Gasteiger partial charge >= 0.3 is 5.97 Å². The van der Waals surface area contributed by atoms with Crippen LogP contribution in [0.5, 0.6) is 23.0 Å². The van der Waals surface area contributed by atoms with Crippen LogP contribution in [0.1, 0.15) is 5.56 Å². The highest BCUT2D eigenvalue weighted by Gasteiger charge is 2.47. The van der Waals surface area contributed by atoms with E-state index in [0.717, 1.165) is 12.1 Å². The first-order valence-corrected chi connectivity index (χ1v) is 12.7. The van der Waals surface area contributed by atoms with Gasteiger partial charge in [-0.3, -0.25) is 4.79 Å². The zero-order valence-corrected chi connectivity index (χ0v) is 21.7. The van der Waals surface area contributed by atoms with E-state index in [0.29, 0.717) is 11.1 Å². The summed E-state index contributed by atoms with van der Waals surface area (Å²) in [6.07, 6.45) is -5.39. The highest BCUT2D eigenvalue weighted by atomic mass is 16.7. The maximum Gasteiger partial charge on any atom is 0.331 e. The third-order valence-corrected chi connectivity index (χ3v) is 6.57. The second kappa shape index (κ2) is 11.9. The lowest BCUT2D eigenvalue weighted by Gasteiger charge is -2.41. The number of aliphatic hydroxyl groups is 3. The van der Waals surface area contributed by atoms with Gasteiger partial charge < -0.3 is 49.3 Å². The first-order valence-electron chi connectivity index (χ1n) is 12.7. The summed E-state index contributed by atoms with van der Waals surface area (Å²) in [5.41, 5.74) is 0.441. The number of phenols is 3. The average Bonchev–Trinajstić information content (AvgIpc) is 2.96. The molecule has 5 rings (SSSR count). The molecule has 1 aromatic heterocycles. The Balaban J connectivity index is 1.38. The van der Waals surface area contributed by atoms with E-state index >= 15 is 0 Å². The summed E-state index contributed by atoms with van der Waals surface area (Å²) < 4.78 is 22.3. The maximum atomic E-state index is 12.7. The number of hydrogen-bond acceptors (Lipinski definition) is 12. The minimum atomic E-state index is -1.75. The largest absolute Gasteiger partial charge is 0.508 e. The maximum absolute atomic E-state index is 12.7. The Bertz CT molecular complexity index is 1660. The van der Waals surface area contributed by atoms with Crippen LogP contribution in [0, 0.1) is 0 Å². The van der Waals surface area contributed by atoms with Crippen molar-refractivity contribution in [2.24, 2.45) is 0 Å². The number of hydrogen-bond donors (Lipinski definition) is 6. The van der Waals surface area contributed by atoms with Gasteiger partial charge in [-0.25, -0.2) is 4.79 Å². The molecule has 0 aliphatic carbocycles. The quantitative estimate of drug-likeness (QED) is 0.138. The third kappa shape index (κ3) is 6.06. The number of carbonyl (C=O) groups is 1. The highest BCUT2D eigenvalue weighted by Crippen LogP contribution is 2.34. The van der Waals surface area contributed by atoms with E-state index in [1.54, 1.807) is 12.1 Å². The van der Waals surface area contributed by atoms with Gasteiger partial charge in [0.25, 0.3) is 0 Å². The summed E-state index contributed by atoms with van der Waals surface area (Å²) in [4.78, 5) is 25.2. The number of esters is 1. The van der Waals surface area contributed by atoms with E-state index in [2.05, 4.69) is 0 Å². The Morgan fingerprint density at radius 3 is 2.24 bits per heavy atom. The first kappa shape index (κ1) is 28.6. The molecule has 0 unspecified atom stereocenters. The van der Waals surface area contributed by atoms with Gasteiger partial charge in [-0.05, 0) is 48.0 Å². The van der Waals surface area contributed by atoms with Crippen LogP contribution in [0.15, 0.2) is 82.0 Å². The van der Waals surface area contributed by atoms with Crippen molar-refractivity contribution in [1.29, 1.82) is 0 Å². The molecule has 1 aliphatic heterocycles. The Kier molecular flexibility index (Phi) is 8.13. The third-order valence-electron chi connectivity index (χ3n) is 6.57. The lowest BCUT2D eigenvalue weighted by Crippen LogP contribution is -2.61. The van der Waals surface area contributed by atoms with Crippen molar-refractivity contribution in [1.82, 2.24) is 0 Å². The number of benzene rings is 3. The molecule has 42 heavy (non-hydrogen) atoms. The van der Waals surface area contributed by atoms with Gasteiger partial charge in [-0.15, -0.1) is 0 Å². The molecule has 12 heteroatoms. The molecule has 218 valence electrons. The van der Waals surface area contributed by atoms with Gasteiger partial charge in [0.05, 0.1) is 6.61 Å². The first-order chi connectivity index (χ1) is 20.1. The fraction of sp³-hybridized carbons (Fsp3) is 0.200. The number of aliphatic hydroxyl groups excluding tert-OH is 3. The van der Waals surface area contributed by atoms with E-state index < -0.39 is 54.5 Å². The lowest BCUT2D eigenvalue weighted by molar-refractivity contribution is -0.280. The zero-order chi connectivity index (χ0) is 30.0. The fourth-order valence-corrected chi connectivity index (χ4v) is 4.43. The van der Waals surface area contributed by atoms with E-state index in [4.69, 9.17) is 18.6 Å². The summed E-state index contributed by atoms with van der Waals surface area (Å²) in [5, 5.41) is 60.6. The predicted molar refractivity (Wildman–Crippen MR) is 147 cm³/mol. The molecule has 12 nitrogen and oxygen atoms in total. The summed E-state index contributed by atoms with van der Waals surface area (Å²) in [7, 11) is 0. The minimum Gasteiger partial charge on any atom is -0.508 e. The summed E-state index contributed by atoms with van der Waals surface area (Å²) in [5.74, 6) is -1.31. The molecule has 2 heterocycles. The molecule has 0 bridgehead atoms. The topological polar surface area (TPSA) is 196 Å². The van der Waals surface area contributed by atoms with Gasteiger partial charge in [0, 0.05) is 29.8 Å². The van der Waals surface area contributed by atoms with Crippen LogP contribution in [0.2, 0.25) is 0 Å². The Labute approximate surface area is 237 Å². The zero-order valence-electron chi connectivity index (χ0n) is 21.7. The Morgan fingerprint density at radius 1 is 0.905 bits per heavy atom. The number of phenolic OH excluding ortho intramolecular Hbond substituents is 3. The normalized spacial score (nSPS) is 22.3. The molecular formula is C30H26O12. The van der Waals surface area contributed by atoms with Crippen molar-refractivity contribution in [2.75, 3.05) is 6.61 Å². The van der Waals surface area contributed by atoms with Gasteiger partial charge in [-0.2, -0.15) is 0 Å². The van der Waals surface area contributed by atoms with Crippen molar-refractivity contribution in [3.8, 4) is 34.3 Å². The van der Waals surface area contributed by atoms with Crippen molar-refractivity contribution in [3.05, 3.63) is 88.6 Å². The standard InChI is InChI=1S/C30H26O12/c31-14-24-27(37)29(42-25(36)10-3-15-1-6-17(32)7-2-15)28(38)30(41-24)39-19-11-20(34)26-21(35)13-22(40-23(26)12-19)16-4-8-18(33)9-5-16/h1-13,24,27-34,37-38H,14H2/b10-3-/t24-,27-,28-,29+,30+/m1/s1. The van der Waals surface area contributed by atoms with Crippen LogP contribution < -0.4 is 10.2 Å². The van der Waals surface area contributed by atoms with Crippen molar-refractivity contribution in [3.63, 3.8) is 0 Å². The second-order valence-electron chi connectivity index (χ2n) is 9.49. The van der Waals surface area contributed by atoms with Crippen molar-refractivity contribution >= 4 is 23.0 Å². The highest BCUT2D eigenvalue weighted by molar-refractivity contribution is 5.87. The fourth-order valence-electron chi connectivity index (χ4n) is 4.43. The molecule has 1 saturated heterocycles. The van der Waals surface area contributed by atoms with Crippen LogP contribution >= 0.6 is 0 Å². The molecule has 0 saturated carbocycles. The summed E-state index contributed by atoms with van der Waals surface area (Å²) in [6, 6.07) is 15.4. The minimum absolute atomic E-state index is 0.0184. The number of fused-ring (bicyclic) bond motifs is 1. The van der Waals surface area contributed by atoms with E-state index in [1.807, 2.05) is 0 Å². The molecule has 0 radical (unpaired) electrons. The van der Waals surface area contributed by atoms with E-state index in [1.165, 1.54) is 54.6 Å². The van der Waals surface area contributed by atoms with Crippen LogP contribution in [-0.2, 0) is 14.3 Å². The van der Waals surface area contributed by atoms with Gasteiger partial charge in [0.2, 0.25) is 6.29 Å². The van der Waals surface area contributed by atoms with Gasteiger partial charge in [-0.1, -0.05) is 12.1 Å². The molecule has 6 N–H and O–H groups in total. The molecule has 1 aliphatic rings. The second-order valence-corrected chi connectivity index (χ2v) is 9.49. The van der Waals surface area contributed by atoms with E-state index in [-0.39, 0.29) is 34.0 Å². The predicted octanol–water partition coefficient (Wildman–Crippen LogP) is 2.02. The van der Waals surface area contributed by atoms with Crippen LogP contribution in [-0.4, -0.2) is 73.9 Å². The number of ether oxygens (including phenoxy) is 3. The Hall–Kier alpha value is -4.88. The van der Waals surface area contributed by atoms with Crippen molar-refractivity contribution in [2.45, 2.75) is 30.7 Å².